The van der Waals surface area contributed by atoms with Crippen LogP contribution in [0.25, 0.3) is 16.6 Å². The largest absolute Gasteiger partial charge is 0.375 e. The van der Waals surface area contributed by atoms with Crippen molar-refractivity contribution in [3.63, 3.8) is 0 Å². The predicted octanol–water partition coefficient (Wildman–Crippen LogP) is 3.67. The number of anilines is 1. The summed E-state index contributed by atoms with van der Waals surface area (Å²) in [5.41, 5.74) is 5.94. The fourth-order valence-electron chi connectivity index (χ4n) is 4.51. The van der Waals surface area contributed by atoms with Crippen LogP contribution in [0.15, 0.2) is 49.1 Å². The Bertz CT molecular complexity index is 1390. The molecule has 1 saturated heterocycles. The lowest BCUT2D eigenvalue weighted by atomic mass is 10.1. The molecule has 0 radical (unpaired) electrons. The zero-order valence-corrected chi connectivity index (χ0v) is 18.5. The number of hydrogen-bond acceptors (Lipinski definition) is 7. The maximum Gasteiger partial charge on any atom is 0.179 e. The number of nitrogens with zero attached hydrogens (tertiary/aromatic N) is 8. The van der Waals surface area contributed by atoms with E-state index in [1.807, 2.05) is 48.3 Å². The SMILES string of the molecule is Cc1c(-c2cc(N[C@H](C)c3ccccn3)c3c(C#N)cnn3c2)cnn1[C@H]1CCN(C#N)C1. The molecule has 0 aliphatic carbocycles. The lowest BCUT2D eigenvalue weighted by Crippen LogP contribution is -2.17. The molecule has 0 bridgehead atoms. The van der Waals surface area contributed by atoms with Crippen molar-refractivity contribution in [3.05, 3.63) is 66.0 Å². The molecule has 1 N–H and O–H groups in total. The standard InChI is InChI=1S/C24H23N9/c1-16(22-5-3-4-7-27-22)30-23-9-18(13-32-24(23)19(10-25)11-28-32)21-12-29-33(17(21)2)20-6-8-31(14-20)15-26/h3-5,7,9,11-13,16,20,30H,6,8,14H2,1-2H3/t16-,20+/m1/s1. The Hall–Kier alpha value is -4.37. The van der Waals surface area contributed by atoms with E-state index < -0.39 is 0 Å². The zero-order chi connectivity index (χ0) is 22.9. The summed E-state index contributed by atoms with van der Waals surface area (Å²) in [6.07, 6.45) is 10.3. The molecular formula is C24H23N9. The number of pyridine rings is 2. The van der Waals surface area contributed by atoms with Crippen molar-refractivity contribution in [3.8, 4) is 23.4 Å². The van der Waals surface area contributed by atoms with Gasteiger partial charge in [0, 0.05) is 35.8 Å². The third-order valence-electron chi connectivity index (χ3n) is 6.24. The molecule has 33 heavy (non-hydrogen) atoms. The highest BCUT2D eigenvalue weighted by molar-refractivity contribution is 5.83. The smallest absolute Gasteiger partial charge is 0.179 e. The van der Waals surface area contributed by atoms with Gasteiger partial charge in [0.1, 0.15) is 11.6 Å². The van der Waals surface area contributed by atoms with E-state index in [1.165, 1.54) is 0 Å². The molecular weight excluding hydrogens is 414 g/mol. The highest BCUT2D eigenvalue weighted by atomic mass is 15.3. The number of aromatic nitrogens is 5. The van der Waals surface area contributed by atoms with Crippen LogP contribution in [-0.2, 0) is 0 Å². The molecule has 0 saturated carbocycles. The van der Waals surface area contributed by atoms with Gasteiger partial charge >= 0.3 is 0 Å². The summed E-state index contributed by atoms with van der Waals surface area (Å²) in [6, 6.07) is 10.2. The highest BCUT2D eigenvalue weighted by Gasteiger charge is 2.26. The molecule has 2 atom stereocenters. The maximum absolute atomic E-state index is 9.61. The first-order chi connectivity index (χ1) is 16.1. The van der Waals surface area contributed by atoms with Gasteiger partial charge in [-0.05, 0) is 38.5 Å². The van der Waals surface area contributed by atoms with Gasteiger partial charge in [-0.1, -0.05) is 6.07 Å². The van der Waals surface area contributed by atoms with Crippen LogP contribution in [0.2, 0.25) is 0 Å². The average molecular weight is 438 g/mol. The lowest BCUT2D eigenvalue weighted by molar-refractivity contribution is 0.422. The first kappa shape index (κ1) is 20.5. The zero-order valence-electron chi connectivity index (χ0n) is 18.5. The summed E-state index contributed by atoms with van der Waals surface area (Å²) in [6.45, 7) is 5.52. The van der Waals surface area contributed by atoms with E-state index in [-0.39, 0.29) is 12.1 Å². The minimum Gasteiger partial charge on any atom is -0.375 e. The van der Waals surface area contributed by atoms with E-state index in [2.05, 4.69) is 39.7 Å². The Morgan fingerprint density at radius 2 is 2.09 bits per heavy atom. The second kappa shape index (κ2) is 8.29. The minimum absolute atomic E-state index is 0.0639. The molecule has 9 nitrogen and oxygen atoms in total. The van der Waals surface area contributed by atoms with Crippen LogP contribution < -0.4 is 5.32 Å². The summed E-state index contributed by atoms with van der Waals surface area (Å²) >= 11 is 0. The van der Waals surface area contributed by atoms with Gasteiger partial charge in [-0.2, -0.15) is 20.7 Å². The number of hydrogen-bond donors (Lipinski definition) is 1. The van der Waals surface area contributed by atoms with Gasteiger partial charge in [0.05, 0.1) is 48.0 Å². The van der Waals surface area contributed by atoms with E-state index >= 15 is 0 Å². The first-order valence-corrected chi connectivity index (χ1v) is 10.9. The Morgan fingerprint density at radius 1 is 1.21 bits per heavy atom. The van der Waals surface area contributed by atoms with Crippen LogP contribution >= 0.6 is 0 Å². The molecule has 1 aliphatic rings. The molecule has 0 unspecified atom stereocenters. The Labute approximate surface area is 191 Å². The summed E-state index contributed by atoms with van der Waals surface area (Å²) in [5, 5.41) is 31.4. The van der Waals surface area contributed by atoms with Crippen molar-refractivity contribution in [2.75, 3.05) is 18.4 Å². The molecule has 1 fully saturated rings. The van der Waals surface area contributed by atoms with E-state index in [9.17, 15) is 10.5 Å². The molecule has 0 spiro atoms. The number of likely N-dealkylation sites (tertiary alicyclic amines) is 1. The predicted molar refractivity (Wildman–Crippen MR) is 123 cm³/mol. The third-order valence-corrected chi connectivity index (χ3v) is 6.24. The van der Waals surface area contributed by atoms with Crippen molar-refractivity contribution < 1.29 is 0 Å². The van der Waals surface area contributed by atoms with Crippen LogP contribution in [0.3, 0.4) is 0 Å². The fourth-order valence-corrected chi connectivity index (χ4v) is 4.51. The van der Waals surface area contributed by atoms with E-state index in [0.717, 1.165) is 46.7 Å². The highest BCUT2D eigenvalue weighted by Crippen LogP contribution is 2.33. The number of nitriles is 2. The monoisotopic (exact) mass is 437 g/mol. The Morgan fingerprint density at radius 3 is 2.82 bits per heavy atom. The molecule has 5 heterocycles. The normalized spacial score (nSPS) is 16.5. The van der Waals surface area contributed by atoms with Gasteiger partial charge in [-0.15, -0.1) is 0 Å². The maximum atomic E-state index is 9.61. The number of rotatable bonds is 5. The van der Waals surface area contributed by atoms with Crippen LogP contribution in [0.5, 0.6) is 0 Å². The van der Waals surface area contributed by atoms with Gasteiger partial charge in [0.15, 0.2) is 6.19 Å². The molecule has 0 amide bonds. The number of fused-ring (bicyclic) bond motifs is 1. The first-order valence-electron chi connectivity index (χ1n) is 10.9. The summed E-state index contributed by atoms with van der Waals surface area (Å²) in [7, 11) is 0. The Kier molecular flexibility index (Phi) is 5.15. The molecule has 9 heteroatoms. The molecule has 0 aromatic carbocycles. The minimum atomic E-state index is -0.0639. The van der Waals surface area contributed by atoms with Gasteiger partial charge in [0.25, 0.3) is 0 Å². The van der Waals surface area contributed by atoms with Crippen LogP contribution in [-0.4, -0.2) is 42.4 Å². The van der Waals surface area contributed by atoms with Crippen molar-refractivity contribution in [1.29, 1.82) is 10.5 Å². The van der Waals surface area contributed by atoms with Crippen molar-refractivity contribution in [1.82, 2.24) is 29.3 Å². The Balaban J connectivity index is 1.55. The van der Waals surface area contributed by atoms with Gasteiger partial charge in [-0.3, -0.25) is 9.67 Å². The quantitative estimate of drug-likeness (QED) is 0.474. The van der Waals surface area contributed by atoms with E-state index in [1.54, 1.807) is 21.8 Å². The average Bonchev–Trinajstić information content (AvgIpc) is 3.57. The van der Waals surface area contributed by atoms with Crippen molar-refractivity contribution in [2.45, 2.75) is 32.4 Å². The van der Waals surface area contributed by atoms with Gasteiger partial charge in [-0.25, -0.2) is 4.52 Å². The summed E-state index contributed by atoms with van der Waals surface area (Å²) in [5.74, 6) is 0. The van der Waals surface area contributed by atoms with Crippen molar-refractivity contribution >= 4 is 11.2 Å². The van der Waals surface area contributed by atoms with E-state index in [4.69, 9.17) is 0 Å². The molecule has 4 aromatic heterocycles. The van der Waals surface area contributed by atoms with Crippen LogP contribution in [0, 0.1) is 29.7 Å². The summed E-state index contributed by atoms with van der Waals surface area (Å²) < 4.78 is 3.76. The number of nitrogens with one attached hydrogen (secondary N) is 1. The van der Waals surface area contributed by atoms with Crippen LogP contribution in [0.1, 0.15) is 42.4 Å². The molecule has 4 aromatic rings. The summed E-state index contributed by atoms with van der Waals surface area (Å²) in [4.78, 5) is 6.22. The second-order valence-electron chi connectivity index (χ2n) is 8.30. The molecule has 164 valence electrons. The second-order valence-corrected chi connectivity index (χ2v) is 8.30. The van der Waals surface area contributed by atoms with E-state index in [0.29, 0.717) is 12.1 Å². The molecule has 5 rings (SSSR count). The van der Waals surface area contributed by atoms with Gasteiger partial charge < -0.3 is 10.2 Å². The lowest BCUT2D eigenvalue weighted by Gasteiger charge is -2.17. The fraction of sp³-hybridized carbons (Fsp3) is 0.292. The van der Waals surface area contributed by atoms with Gasteiger partial charge in [0.2, 0.25) is 0 Å². The van der Waals surface area contributed by atoms with Crippen LogP contribution in [0.4, 0.5) is 5.69 Å². The third kappa shape index (κ3) is 3.64. The van der Waals surface area contributed by atoms with Crippen molar-refractivity contribution in [2.24, 2.45) is 0 Å². The topological polar surface area (TPSA) is 111 Å². The molecule has 1 aliphatic heterocycles.